The first-order chi connectivity index (χ1) is 6.84. The molecule has 0 unspecified atom stereocenters. The highest BCUT2D eigenvalue weighted by atomic mass is 127. The molecule has 0 saturated heterocycles. The molecule has 70 valence electrons. The number of aromatic nitrogens is 2. The highest BCUT2D eigenvalue weighted by Crippen LogP contribution is 2.14. The van der Waals surface area contributed by atoms with Gasteiger partial charge in [0.25, 0.3) is 0 Å². The van der Waals surface area contributed by atoms with E-state index in [4.69, 9.17) is 0 Å². The van der Waals surface area contributed by atoms with Crippen molar-refractivity contribution in [3.8, 4) is 0 Å². The summed E-state index contributed by atoms with van der Waals surface area (Å²) in [5, 5.41) is 3.18. The van der Waals surface area contributed by atoms with E-state index in [0.717, 1.165) is 11.5 Å². The molecule has 0 bridgehead atoms. The minimum atomic E-state index is 0.807. The molecule has 0 fully saturated rings. The van der Waals surface area contributed by atoms with Gasteiger partial charge < -0.3 is 5.32 Å². The summed E-state index contributed by atoms with van der Waals surface area (Å²) in [5.74, 6) is 0.807. The van der Waals surface area contributed by atoms with Crippen molar-refractivity contribution in [3.05, 3.63) is 46.4 Å². The van der Waals surface area contributed by atoms with Crippen molar-refractivity contribution in [1.82, 2.24) is 9.97 Å². The van der Waals surface area contributed by atoms with Gasteiger partial charge in [-0.15, -0.1) is 0 Å². The lowest BCUT2D eigenvalue weighted by Crippen LogP contribution is -1.92. The third kappa shape index (κ3) is 2.41. The molecule has 0 atom stereocenters. The summed E-state index contributed by atoms with van der Waals surface area (Å²) in [4.78, 5) is 7.92. The first kappa shape index (κ1) is 9.39. The molecule has 0 aliphatic heterocycles. The van der Waals surface area contributed by atoms with Crippen LogP contribution in [0, 0.1) is 3.57 Å². The van der Waals surface area contributed by atoms with Gasteiger partial charge in [0.1, 0.15) is 12.1 Å². The Hall–Kier alpha value is -1.17. The molecule has 1 heterocycles. The SMILES string of the molecule is Ic1ccc(Nc2ccncn2)cc1. The molecule has 3 nitrogen and oxygen atoms in total. The standard InChI is InChI=1S/C10H8IN3/c11-8-1-3-9(4-2-8)14-10-5-6-12-7-13-10/h1-7H,(H,12,13,14). The van der Waals surface area contributed by atoms with Crippen molar-refractivity contribution in [1.29, 1.82) is 0 Å². The fourth-order valence-corrected chi connectivity index (χ4v) is 1.41. The van der Waals surface area contributed by atoms with Crippen LogP contribution in [-0.2, 0) is 0 Å². The number of nitrogens with one attached hydrogen (secondary N) is 1. The van der Waals surface area contributed by atoms with Crippen LogP contribution >= 0.6 is 22.6 Å². The second-order valence-electron chi connectivity index (χ2n) is 2.73. The zero-order valence-corrected chi connectivity index (χ0v) is 9.47. The summed E-state index contributed by atoms with van der Waals surface area (Å²) in [6.07, 6.45) is 3.23. The zero-order chi connectivity index (χ0) is 9.80. The van der Waals surface area contributed by atoms with Gasteiger partial charge in [0.2, 0.25) is 0 Å². The van der Waals surface area contributed by atoms with Crippen LogP contribution in [0.15, 0.2) is 42.9 Å². The maximum atomic E-state index is 4.07. The molecule has 0 aliphatic rings. The van der Waals surface area contributed by atoms with Crippen LogP contribution in [-0.4, -0.2) is 9.97 Å². The maximum Gasteiger partial charge on any atom is 0.133 e. The Balaban J connectivity index is 2.16. The molecule has 1 N–H and O–H groups in total. The molecule has 2 aromatic rings. The molecule has 0 radical (unpaired) electrons. The second-order valence-corrected chi connectivity index (χ2v) is 3.97. The number of anilines is 2. The quantitative estimate of drug-likeness (QED) is 0.866. The van der Waals surface area contributed by atoms with Crippen LogP contribution in [0.4, 0.5) is 11.5 Å². The molecule has 0 spiro atoms. The van der Waals surface area contributed by atoms with Gasteiger partial charge in [-0.05, 0) is 52.9 Å². The maximum absolute atomic E-state index is 4.07. The topological polar surface area (TPSA) is 37.8 Å². The van der Waals surface area contributed by atoms with Gasteiger partial charge >= 0.3 is 0 Å². The lowest BCUT2D eigenvalue weighted by Gasteiger charge is -2.03. The Morgan fingerprint density at radius 2 is 1.86 bits per heavy atom. The van der Waals surface area contributed by atoms with Gasteiger partial charge in [-0.2, -0.15) is 0 Å². The zero-order valence-electron chi connectivity index (χ0n) is 7.31. The van der Waals surface area contributed by atoms with Gasteiger partial charge in [-0.1, -0.05) is 0 Å². The fourth-order valence-electron chi connectivity index (χ4n) is 1.05. The highest BCUT2D eigenvalue weighted by Gasteiger charge is 1.93. The van der Waals surface area contributed by atoms with E-state index in [1.165, 1.54) is 9.90 Å². The van der Waals surface area contributed by atoms with Crippen molar-refractivity contribution in [2.45, 2.75) is 0 Å². The number of benzene rings is 1. The number of halogens is 1. The summed E-state index contributed by atoms with van der Waals surface area (Å²) in [6.45, 7) is 0. The molecular formula is C10H8IN3. The van der Waals surface area contributed by atoms with Crippen LogP contribution in [0.1, 0.15) is 0 Å². The third-order valence-corrected chi connectivity index (χ3v) is 2.42. The molecular weight excluding hydrogens is 289 g/mol. The summed E-state index contributed by atoms with van der Waals surface area (Å²) in [5.41, 5.74) is 1.03. The summed E-state index contributed by atoms with van der Waals surface area (Å²) < 4.78 is 1.22. The van der Waals surface area contributed by atoms with E-state index in [9.17, 15) is 0 Å². The van der Waals surface area contributed by atoms with E-state index in [-0.39, 0.29) is 0 Å². The van der Waals surface area contributed by atoms with Gasteiger partial charge in [-0.25, -0.2) is 9.97 Å². The average Bonchev–Trinajstić information content (AvgIpc) is 2.23. The van der Waals surface area contributed by atoms with Gasteiger partial charge in [0.05, 0.1) is 0 Å². The number of hydrogen-bond donors (Lipinski definition) is 1. The van der Waals surface area contributed by atoms with E-state index < -0.39 is 0 Å². The highest BCUT2D eigenvalue weighted by molar-refractivity contribution is 14.1. The Labute approximate surface area is 95.7 Å². The van der Waals surface area contributed by atoms with Crippen molar-refractivity contribution in [3.63, 3.8) is 0 Å². The smallest absolute Gasteiger partial charge is 0.133 e. The normalized spacial score (nSPS) is 9.79. The van der Waals surface area contributed by atoms with E-state index in [1.807, 2.05) is 30.3 Å². The van der Waals surface area contributed by atoms with E-state index in [0.29, 0.717) is 0 Å². The molecule has 14 heavy (non-hydrogen) atoms. The number of hydrogen-bond acceptors (Lipinski definition) is 3. The van der Waals surface area contributed by atoms with Gasteiger partial charge in [0, 0.05) is 15.5 Å². The monoisotopic (exact) mass is 297 g/mol. The molecule has 0 amide bonds. The minimum absolute atomic E-state index is 0.807. The largest absolute Gasteiger partial charge is 0.340 e. The molecule has 1 aromatic carbocycles. The lowest BCUT2D eigenvalue weighted by atomic mass is 10.3. The van der Waals surface area contributed by atoms with Gasteiger partial charge in [-0.3, -0.25) is 0 Å². The van der Waals surface area contributed by atoms with Crippen LogP contribution in [0.5, 0.6) is 0 Å². The predicted octanol–water partition coefficient (Wildman–Crippen LogP) is 2.82. The fraction of sp³-hybridized carbons (Fsp3) is 0. The van der Waals surface area contributed by atoms with Crippen molar-refractivity contribution >= 4 is 34.1 Å². The predicted molar refractivity (Wildman–Crippen MR) is 64.5 cm³/mol. The Morgan fingerprint density at radius 3 is 2.50 bits per heavy atom. The van der Waals surface area contributed by atoms with E-state index >= 15 is 0 Å². The van der Waals surface area contributed by atoms with Crippen LogP contribution in [0.2, 0.25) is 0 Å². The minimum Gasteiger partial charge on any atom is -0.340 e. The Morgan fingerprint density at radius 1 is 1.07 bits per heavy atom. The van der Waals surface area contributed by atoms with Crippen molar-refractivity contribution in [2.24, 2.45) is 0 Å². The lowest BCUT2D eigenvalue weighted by molar-refractivity contribution is 1.17. The summed E-state index contributed by atoms with van der Waals surface area (Å²) >= 11 is 2.27. The third-order valence-electron chi connectivity index (χ3n) is 1.70. The molecule has 4 heteroatoms. The molecule has 0 saturated carbocycles. The Bertz CT molecular complexity index is 399. The van der Waals surface area contributed by atoms with E-state index in [1.54, 1.807) is 6.20 Å². The number of rotatable bonds is 2. The average molecular weight is 297 g/mol. The molecule has 1 aromatic heterocycles. The first-order valence-corrected chi connectivity index (χ1v) is 5.21. The Kier molecular flexibility index (Phi) is 2.93. The van der Waals surface area contributed by atoms with E-state index in [2.05, 4.69) is 37.9 Å². The van der Waals surface area contributed by atoms with Crippen LogP contribution in [0.3, 0.4) is 0 Å². The first-order valence-electron chi connectivity index (χ1n) is 4.13. The molecule has 2 rings (SSSR count). The van der Waals surface area contributed by atoms with Gasteiger partial charge in [0.15, 0.2) is 0 Å². The second kappa shape index (κ2) is 4.36. The van der Waals surface area contributed by atoms with Crippen molar-refractivity contribution < 1.29 is 0 Å². The van der Waals surface area contributed by atoms with Crippen LogP contribution in [0.25, 0.3) is 0 Å². The van der Waals surface area contributed by atoms with Crippen LogP contribution < -0.4 is 5.32 Å². The summed E-state index contributed by atoms with van der Waals surface area (Å²) in [6, 6.07) is 9.96. The van der Waals surface area contributed by atoms with Crippen molar-refractivity contribution in [2.75, 3.05) is 5.32 Å². The molecule has 0 aliphatic carbocycles. The number of nitrogens with zero attached hydrogens (tertiary/aromatic N) is 2. The summed E-state index contributed by atoms with van der Waals surface area (Å²) in [7, 11) is 0.